The molecule has 4 aromatic carbocycles. The second-order valence-corrected chi connectivity index (χ2v) is 13.4. The van der Waals surface area contributed by atoms with E-state index in [4.69, 9.17) is 29.0 Å². The van der Waals surface area contributed by atoms with Crippen molar-refractivity contribution in [3.8, 4) is 50.9 Å². The van der Waals surface area contributed by atoms with Crippen LogP contribution in [0.2, 0.25) is 0 Å². The predicted molar refractivity (Wildman–Crippen MR) is 190 cm³/mol. The van der Waals surface area contributed by atoms with Crippen molar-refractivity contribution < 1.29 is 28.1 Å². The number of nitrogens with zero attached hydrogens (tertiary/aromatic N) is 3. The monoisotopic (exact) mass is 671 g/mol. The minimum absolute atomic E-state index is 0.194. The van der Waals surface area contributed by atoms with Crippen molar-refractivity contribution in [2.75, 3.05) is 6.61 Å². The molecule has 0 aliphatic carbocycles. The number of benzene rings is 4. The topological polar surface area (TPSA) is 84.2 Å². The van der Waals surface area contributed by atoms with Crippen molar-refractivity contribution in [2.24, 2.45) is 0 Å². The minimum atomic E-state index is -1.08. The highest BCUT2D eigenvalue weighted by Gasteiger charge is 2.34. The van der Waals surface area contributed by atoms with E-state index in [0.29, 0.717) is 45.5 Å². The summed E-state index contributed by atoms with van der Waals surface area (Å²) in [7, 11) is 0. The zero-order valence-electron chi connectivity index (χ0n) is 28.9. The van der Waals surface area contributed by atoms with Gasteiger partial charge in [0.2, 0.25) is 0 Å². The number of hydrogen-bond donors (Lipinski definition) is 0. The Balaban J connectivity index is 1.52. The molecular weight excluding hydrogens is 633 g/mol. The van der Waals surface area contributed by atoms with Crippen LogP contribution in [0.5, 0.6) is 17.2 Å². The number of aryl methyl sites for hydroxylation is 2. The van der Waals surface area contributed by atoms with E-state index in [1.165, 1.54) is 12.1 Å². The molecule has 0 fully saturated rings. The van der Waals surface area contributed by atoms with E-state index < -0.39 is 23.5 Å². The van der Waals surface area contributed by atoms with Gasteiger partial charge in [0.05, 0.1) is 23.6 Å². The maximum Gasteiger partial charge on any atom is 0.340 e. The summed E-state index contributed by atoms with van der Waals surface area (Å²) < 4.78 is 41.1. The highest BCUT2D eigenvalue weighted by Crippen LogP contribution is 2.40. The van der Waals surface area contributed by atoms with Crippen LogP contribution in [-0.4, -0.2) is 32.8 Å². The lowest BCUT2D eigenvalue weighted by Gasteiger charge is -2.28. The van der Waals surface area contributed by atoms with Gasteiger partial charge in [-0.25, -0.2) is 18.7 Å². The highest BCUT2D eigenvalue weighted by atomic mass is 19.1. The van der Waals surface area contributed by atoms with Crippen molar-refractivity contribution in [3.63, 3.8) is 0 Å². The molecule has 6 aromatic rings. The minimum Gasteiger partial charge on any atom is -0.489 e. The second-order valence-electron chi connectivity index (χ2n) is 13.4. The molecule has 1 aliphatic heterocycles. The summed E-state index contributed by atoms with van der Waals surface area (Å²) in [4.78, 5) is 18.6. The van der Waals surface area contributed by atoms with E-state index in [2.05, 4.69) is 0 Å². The van der Waals surface area contributed by atoms with Crippen LogP contribution in [0.15, 0.2) is 91.0 Å². The van der Waals surface area contributed by atoms with Crippen LogP contribution in [0.25, 0.3) is 39.3 Å². The molecule has 8 bridgehead atoms. The van der Waals surface area contributed by atoms with Gasteiger partial charge in [-0.1, -0.05) is 42.5 Å². The largest absolute Gasteiger partial charge is 0.489 e. The van der Waals surface area contributed by atoms with Crippen molar-refractivity contribution in [1.29, 1.82) is 0 Å². The van der Waals surface area contributed by atoms with Crippen molar-refractivity contribution in [1.82, 2.24) is 14.6 Å². The third-order valence-electron chi connectivity index (χ3n) is 8.46. The Morgan fingerprint density at radius 1 is 0.920 bits per heavy atom. The van der Waals surface area contributed by atoms with Crippen LogP contribution >= 0.6 is 0 Å². The van der Waals surface area contributed by atoms with Gasteiger partial charge in [0.25, 0.3) is 0 Å². The molecule has 1 aliphatic rings. The fourth-order valence-corrected chi connectivity index (χ4v) is 6.22. The molecule has 50 heavy (non-hydrogen) atoms. The van der Waals surface area contributed by atoms with Gasteiger partial charge in [-0.3, -0.25) is 0 Å². The molecule has 0 saturated carbocycles. The SMILES string of the molecule is CCOC(=O)[C@@H](OC(C)(C)C)c1c(C)nc2cc3nn2c1-c1ccc(C)c(c1)OCc1cccc(c1)Oc1cc(F)ccc1-c1cccc-3c1. The third-order valence-corrected chi connectivity index (χ3v) is 8.46. The maximum absolute atomic E-state index is 14.6. The number of carbonyl (C=O) groups excluding carboxylic acids is 1. The number of hydrogen-bond acceptors (Lipinski definition) is 7. The van der Waals surface area contributed by atoms with Crippen LogP contribution in [0.4, 0.5) is 4.39 Å². The van der Waals surface area contributed by atoms with E-state index in [-0.39, 0.29) is 13.2 Å². The fourth-order valence-electron chi connectivity index (χ4n) is 6.22. The van der Waals surface area contributed by atoms with E-state index >= 15 is 0 Å². The Bertz CT molecular complexity index is 2250. The summed E-state index contributed by atoms with van der Waals surface area (Å²) in [6.07, 6.45) is -1.08. The molecule has 0 radical (unpaired) electrons. The number of ether oxygens (including phenoxy) is 4. The summed E-state index contributed by atoms with van der Waals surface area (Å²) in [6, 6.07) is 27.8. The molecule has 3 heterocycles. The first-order valence-electron chi connectivity index (χ1n) is 16.6. The zero-order valence-corrected chi connectivity index (χ0v) is 28.9. The van der Waals surface area contributed by atoms with Crippen LogP contribution in [0.3, 0.4) is 0 Å². The molecule has 1 atom stereocenters. The van der Waals surface area contributed by atoms with E-state index in [1.807, 2.05) is 107 Å². The smallest absolute Gasteiger partial charge is 0.340 e. The molecule has 0 unspecified atom stereocenters. The fraction of sp³-hybridized carbons (Fsp3) is 0.244. The Kier molecular flexibility index (Phi) is 8.61. The van der Waals surface area contributed by atoms with Crippen LogP contribution in [-0.2, 0) is 20.9 Å². The molecule has 0 spiro atoms. The van der Waals surface area contributed by atoms with E-state index in [0.717, 1.165) is 33.4 Å². The number of carbonyl (C=O) groups is 1. The van der Waals surface area contributed by atoms with Crippen LogP contribution in [0, 0.1) is 19.7 Å². The number of fused-ring (bicyclic) bond motifs is 11. The van der Waals surface area contributed by atoms with E-state index in [1.54, 1.807) is 17.5 Å². The Hall–Kier alpha value is -5.54. The van der Waals surface area contributed by atoms with Crippen molar-refractivity contribution in [2.45, 2.75) is 59.9 Å². The molecular formula is C41H38FN3O5. The average Bonchev–Trinajstić information content (AvgIpc) is 3.50. The first-order valence-corrected chi connectivity index (χ1v) is 16.6. The number of halogens is 1. The molecule has 0 N–H and O–H groups in total. The van der Waals surface area contributed by atoms with Gasteiger partial charge >= 0.3 is 5.97 Å². The predicted octanol–water partition coefficient (Wildman–Crippen LogP) is 9.59. The molecule has 2 aromatic heterocycles. The molecule has 0 amide bonds. The molecule has 7 rings (SSSR count). The van der Waals surface area contributed by atoms with Crippen LogP contribution in [0.1, 0.15) is 56.2 Å². The Labute approximate surface area is 290 Å². The van der Waals surface area contributed by atoms with Gasteiger partial charge in [0.1, 0.15) is 29.7 Å². The Morgan fingerprint density at radius 2 is 1.72 bits per heavy atom. The van der Waals surface area contributed by atoms with Gasteiger partial charge in [0, 0.05) is 40.1 Å². The molecule has 8 nitrogen and oxygen atoms in total. The quantitative estimate of drug-likeness (QED) is 0.173. The maximum atomic E-state index is 14.6. The zero-order chi connectivity index (χ0) is 35.2. The number of esters is 1. The summed E-state index contributed by atoms with van der Waals surface area (Å²) in [5.74, 6) is 0.677. The van der Waals surface area contributed by atoms with Crippen LogP contribution < -0.4 is 9.47 Å². The first kappa shape index (κ1) is 33.0. The van der Waals surface area contributed by atoms with E-state index in [9.17, 15) is 9.18 Å². The third kappa shape index (κ3) is 6.56. The lowest BCUT2D eigenvalue weighted by Crippen LogP contribution is -2.30. The summed E-state index contributed by atoms with van der Waals surface area (Å²) in [6.45, 7) is 11.8. The molecule has 254 valence electrons. The second kappa shape index (κ2) is 13.1. The van der Waals surface area contributed by atoms with Gasteiger partial charge in [-0.05, 0) is 94.6 Å². The summed E-state index contributed by atoms with van der Waals surface area (Å²) >= 11 is 0. The van der Waals surface area contributed by atoms with Gasteiger partial charge < -0.3 is 18.9 Å². The normalized spacial score (nSPS) is 13.1. The summed E-state index contributed by atoms with van der Waals surface area (Å²) in [5, 5.41) is 5.10. The highest BCUT2D eigenvalue weighted by molar-refractivity contribution is 5.83. The molecule has 9 heteroatoms. The lowest BCUT2D eigenvalue weighted by atomic mass is 9.97. The van der Waals surface area contributed by atoms with Crippen molar-refractivity contribution >= 4 is 11.6 Å². The average molecular weight is 672 g/mol. The van der Waals surface area contributed by atoms with Crippen molar-refractivity contribution in [3.05, 3.63) is 119 Å². The standard InChI is InChI=1S/C41H38FN3O5/c1-7-47-40(46)39(50-41(4,5)6)37-25(3)43-36-22-33-28-12-9-11-27(19-28)32-17-16-30(42)21-35(32)49-31-13-8-10-26(18-31)23-48-34-20-29(15-14-24(34)2)38(37)45(36)44-33/h8-22,39H,7,23H2,1-6H3/t39-/m0/s1. The first-order chi connectivity index (χ1) is 24.0. The molecule has 0 saturated heterocycles. The van der Waals surface area contributed by atoms with Gasteiger partial charge in [-0.2, -0.15) is 5.10 Å². The summed E-state index contributed by atoms with van der Waals surface area (Å²) in [5.41, 5.74) is 7.28. The Morgan fingerprint density at radius 3 is 2.52 bits per heavy atom. The number of aromatic nitrogens is 3. The lowest BCUT2D eigenvalue weighted by molar-refractivity contribution is -0.166. The van der Waals surface area contributed by atoms with Gasteiger partial charge in [0.15, 0.2) is 11.8 Å². The number of rotatable bonds is 4. The van der Waals surface area contributed by atoms with Gasteiger partial charge in [-0.15, -0.1) is 0 Å².